The summed E-state index contributed by atoms with van der Waals surface area (Å²) in [6, 6.07) is 63.0. The maximum Gasteiger partial charge on any atom is 0.185 e. The zero-order valence-corrected chi connectivity index (χ0v) is 46.3. The van der Waals surface area contributed by atoms with Gasteiger partial charge in [0.2, 0.25) is 0 Å². The molecule has 0 N–H and O–H groups in total. The molecule has 12 rings (SSSR count). The van der Waals surface area contributed by atoms with Gasteiger partial charge in [-0.05, 0) is 95.1 Å². The lowest BCUT2D eigenvalue weighted by atomic mass is 9.81. The molecule has 0 bridgehead atoms. The number of ketones is 2. The molecule has 6 aromatic carbocycles. The first-order valence-electron chi connectivity index (χ1n) is 26.4. The fraction of sp³-hybridized carbons (Fsp3) is 0.118. The van der Waals surface area contributed by atoms with Crippen LogP contribution in [0.15, 0.2) is 274 Å². The number of rotatable bonds is 17. The molecule has 4 aromatic heterocycles. The summed E-state index contributed by atoms with van der Waals surface area (Å²) in [6.45, 7) is 0. The van der Waals surface area contributed by atoms with E-state index < -0.39 is 12.1 Å². The summed E-state index contributed by atoms with van der Waals surface area (Å²) in [7, 11) is 0. The third kappa shape index (κ3) is 12.0. The molecule has 0 fully saturated rings. The molecule has 0 radical (unpaired) electrons. The second kappa shape index (κ2) is 23.9. The molecule has 2 unspecified atom stereocenters. The highest BCUT2D eigenvalue weighted by Gasteiger charge is 2.33. The standard InChI is InChI=1S/C68H50Cl2N6O2S2/c69-53-21-23-55-57(29-31-71-59(55)41-53)73-75-65(47-37-49(33-43-13-5-1-6-14-43)67(77)50(38-47)34-44-15-7-2-8-16-44)63-27-25-61(79-63)62-26-28-64(80-62)66(76-74-58-30-32-72-60-42-54(70)22-24-56(58)60)48-39-51(35-45-17-9-3-10-18-45)68(78)52(40-48)36-46-19-11-4-12-20-46/h1-32,37-42,47-48,65-66H,33-36H2. The average molecular weight is 1120 g/mol. The van der Waals surface area contributed by atoms with E-state index in [0.717, 1.165) is 85.9 Å². The molecule has 2 atom stereocenters. The molecule has 8 nitrogen and oxygen atoms in total. The molecule has 4 heterocycles. The molecule has 0 amide bonds. The van der Waals surface area contributed by atoms with Crippen molar-refractivity contribution in [3.8, 4) is 9.75 Å². The first-order chi connectivity index (χ1) is 39.2. The fourth-order valence-electron chi connectivity index (χ4n) is 10.5. The van der Waals surface area contributed by atoms with Crippen molar-refractivity contribution >= 4 is 90.6 Å². The van der Waals surface area contributed by atoms with E-state index in [-0.39, 0.29) is 23.4 Å². The number of carbonyl (C=O) groups is 2. The molecule has 2 aliphatic rings. The van der Waals surface area contributed by atoms with Crippen LogP contribution in [-0.4, -0.2) is 21.5 Å². The summed E-state index contributed by atoms with van der Waals surface area (Å²) >= 11 is 16.2. The fourth-order valence-corrected chi connectivity index (χ4v) is 13.1. The van der Waals surface area contributed by atoms with Gasteiger partial charge in [-0.2, -0.15) is 20.5 Å². The Morgan fingerprint density at radius 2 is 0.750 bits per heavy atom. The molecule has 80 heavy (non-hydrogen) atoms. The van der Waals surface area contributed by atoms with E-state index in [1.165, 1.54) is 0 Å². The first kappa shape index (κ1) is 52.3. The molecule has 0 saturated heterocycles. The van der Waals surface area contributed by atoms with E-state index in [1.807, 2.05) is 121 Å². The lowest BCUT2D eigenvalue weighted by Crippen LogP contribution is -2.20. The second-order valence-corrected chi connectivity index (χ2v) is 23.0. The molecule has 2 aliphatic carbocycles. The van der Waals surface area contributed by atoms with Gasteiger partial charge in [0.15, 0.2) is 11.6 Å². The number of halogens is 2. The highest BCUT2D eigenvalue weighted by atomic mass is 35.5. The molecular weight excluding hydrogens is 1070 g/mol. The van der Waals surface area contributed by atoms with E-state index >= 15 is 0 Å². The Morgan fingerprint density at radius 1 is 0.412 bits per heavy atom. The third-order valence-corrected chi connectivity index (χ3v) is 17.4. The van der Waals surface area contributed by atoms with Crippen molar-refractivity contribution in [1.29, 1.82) is 0 Å². The molecule has 0 aliphatic heterocycles. The first-order valence-corrected chi connectivity index (χ1v) is 28.8. The Kier molecular flexibility index (Phi) is 15.6. The van der Waals surface area contributed by atoms with Gasteiger partial charge < -0.3 is 0 Å². The Bertz CT molecular complexity index is 3720. The summed E-state index contributed by atoms with van der Waals surface area (Å²) < 4.78 is 0. The monoisotopic (exact) mass is 1120 g/mol. The molecular formula is C68H50Cl2N6O2S2. The van der Waals surface area contributed by atoms with Crippen molar-refractivity contribution in [2.24, 2.45) is 32.3 Å². The molecule has 10 aromatic rings. The number of allylic oxidation sites excluding steroid dienone is 4. The zero-order chi connectivity index (χ0) is 54.4. The molecule has 0 saturated carbocycles. The van der Waals surface area contributed by atoms with Crippen molar-refractivity contribution in [3.05, 3.63) is 295 Å². The van der Waals surface area contributed by atoms with Gasteiger partial charge >= 0.3 is 0 Å². The van der Waals surface area contributed by atoms with Crippen LogP contribution < -0.4 is 0 Å². The number of nitrogens with zero attached hydrogens (tertiary/aromatic N) is 6. The van der Waals surface area contributed by atoms with Crippen molar-refractivity contribution in [3.63, 3.8) is 0 Å². The zero-order valence-electron chi connectivity index (χ0n) is 43.1. The summed E-state index contributed by atoms with van der Waals surface area (Å²) in [5.41, 5.74) is 9.92. The third-order valence-electron chi connectivity index (χ3n) is 14.4. The smallest absolute Gasteiger partial charge is 0.185 e. The minimum Gasteiger partial charge on any atom is -0.289 e. The Balaban J connectivity index is 0.951. The lowest BCUT2D eigenvalue weighted by Gasteiger charge is -2.24. The van der Waals surface area contributed by atoms with Crippen molar-refractivity contribution in [1.82, 2.24) is 9.97 Å². The summed E-state index contributed by atoms with van der Waals surface area (Å²) in [5, 5.41) is 23.3. The highest BCUT2D eigenvalue weighted by Crippen LogP contribution is 2.46. The summed E-state index contributed by atoms with van der Waals surface area (Å²) in [6.07, 6.45) is 13.8. The maximum atomic E-state index is 14.5. The van der Waals surface area contributed by atoms with Gasteiger partial charge in [-0.25, -0.2) is 0 Å². The van der Waals surface area contributed by atoms with Gasteiger partial charge in [0.1, 0.15) is 12.1 Å². The van der Waals surface area contributed by atoms with Gasteiger partial charge in [-0.3, -0.25) is 19.6 Å². The Morgan fingerprint density at radius 3 is 1.09 bits per heavy atom. The minimum atomic E-state index is -0.499. The summed E-state index contributed by atoms with van der Waals surface area (Å²) in [5.74, 6) is -0.539. The Labute approximate surface area is 482 Å². The average Bonchev–Trinajstić information content (AvgIpc) is 4.21. The Hall–Kier alpha value is -8.38. The highest BCUT2D eigenvalue weighted by molar-refractivity contribution is 7.22. The van der Waals surface area contributed by atoms with Crippen LogP contribution >= 0.6 is 45.9 Å². The van der Waals surface area contributed by atoms with Crippen LogP contribution in [0.5, 0.6) is 0 Å². The van der Waals surface area contributed by atoms with Crippen molar-refractivity contribution < 1.29 is 9.59 Å². The largest absolute Gasteiger partial charge is 0.289 e. The van der Waals surface area contributed by atoms with E-state index in [9.17, 15) is 9.59 Å². The quantitative estimate of drug-likeness (QED) is 0.0846. The van der Waals surface area contributed by atoms with Crippen molar-refractivity contribution in [2.75, 3.05) is 0 Å². The number of pyridine rings is 2. The van der Waals surface area contributed by atoms with E-state index in [2.05, 4.69) is 107 Å². The van der Waals surface area contributed by atoms with Crippen LogP contribution in [0.4, 0.5) is 11.4 Å². The number of benzene rings is 6. The number of Topliss-reactive ketones (excluding diaryl/α,β-unsaturated/α-hetero) is 2. The van der Waals surface area contributed by atoms with Crippen LogP contribution in [0.2, 0.25) is 10.0 Å². The predicted molar refractivity (Wildman–Crippen MR) is 326 cm³/mol. The van der Waals surface area contributed by atoms with Gasteiger partial charge in [-0.1, -0.05) is 169 Å². The number of fused-ring (bicyclic) bond motifs is 2. The van der Waals surface area contributed by atoms with Gasteiger partial charge in [0, 0.05) is 113 Å². The van der Waals surface area contributed by atoms with Gasteiger partial charge in [0.05, 0.1) is 22.4 Å². The number of aromatic nitrogens is 2. The molecule has 0 spiro atoms. The maximum absolute atomic E-state index is 14.5. The van der Waals surface area contributed by atoms with Crippen LogP contribution in [0.1, 0.15) is 44.1 Å². The molecule has 12 heteroatoms. The predicted octanol–water partition coefficient (Wildman–Crippen LogP) is 18.6. The van der Waals surface area contributed by atoms with E-state index in [0.29, 0.717) is 47.1 Å². The van der Waals surface area contributed by atoms with Crippen LogP contribution in [-0.2, 0) is 35.3 Å². The van der Waals surface area contributed by atoms with Gasteiger partial charge in [-0.15, -0.1) is 22.7 Å². The molecule has 390 valence electrons. The number of azo groups is 2. The van der Waals surface area contributed by atoms with E-state index in [1.54, 1.807) is 35.1 Å². The van der Waals surface area contributed by atoms with Gasteiger partial charge in [0.25, 0.3) is 0 Å². The van der Waals surface area contributed by atoms with Crippen molar-refractivity contribution in [2.45, 2.75) is 37.8 Å². The van der Waals surface area contributed by atoms with E-state index in [4.69, 9.17) is 43.7 Å². The summed E-state index contributed by atoms with van der Waals surface area (Å²) in [4.78, 5) is 42.2. The topological polar surface area (TPSA) is 109 Å². The SMILES string of the molecule is O=C1C(Cc2ccccc2)=CC(C(N=Nc2ccnc3cc(Cl)ccc23)c2ccc(-c3ccc(C(N=Nc4ccnc5cc(Cl)ccc45)C4C=C(Cc5ccccc5)C(=O)C(Cc5ccccc5)=C4)s3)s2)C=C1Cc1ccccc1. The lowest BCUT2D eigenvalue weighted by molar-refractivity contribution is -0.113. The van der Waals surface area contributed by atoms with Crippen LogP contribution in [0.3, 0.4) is 0 Å². The normalized spacial score (nSPS) is 15.1. The second-order valence-electron chi connectivity index (χ2n) is 19.9. The number of hydrogen-bond donors (Lipinski definition) is 0. The van der Waals surface area contributed by atoms with Crippen LogP contribution in [0.25, 0.3) is 31.6 Å². The minimum absolute atomic E-state index is 0.0410. The number of carbonyl (C=O) groups excluding carboxylic acids is 2. The number of thiophene rings is 2. The van der Waals surface area contributed by atoms with Crippen LogP contribution in [0, 0.1) is 11.8 Å². The number of hydrogen-bond acceptors (Lipinski definition) is 10.